The van der Waals surface area contributed by atoms with Crippen LogP contribution in [-0.2, 0) is 11.3 Å². The number of hydrogen-bond donors (Lipinski definition) is 2. The van der Waals surface area contributed by atoms with Gasteiger partial charge in [-0.15, -0.1) is 0 Å². The van der Waals surface area contributed by atoms with Crippen LogP contribution in [-0.4, -0.2) is 29.2 Å². The van der Waals surface area contributed by atoms with Gasteiger partial charge in [0.15, 0.2) is 0 Å². The molecule has 2 rings (SSSR count). The van der Waals surface area contributed by atoms with Gasteiger partial charge in [0.05, 0.1) is 17.1 Å². The summed E-state index contributed by atoms with van der Waals surface area (Å²) in [5, 5.41) is 23.1. The second-order valence-corrected chi connectivity index (χ2v) is 5.28. The summed E-state index contributed by atoms with van der Waals surface area (Å²) >= 11 is 5.87. The van der Waals surface area contributed by atoms with Crippen LogP contribution in [0.4, 0.5) is 11.4 Å². The van der Waals surface area contributed by atoms with Crippen LogP contribution in [0.15, 0.2) is 42.5 Å². The van der Waals surface area contributed by atoms with Crippen molar-refractivity contribution >= 4 is 28.9 Å². The highest BCUT2D eigenvalue weighted by Gasteiger charge is 2.18. The Kier molecular flexibility index (Phi) is 6.11. The molecule has 7 nitrogen and oxygen atoms in total. The molecule has 8 heteroatoms. The topological polar surface area (TPSA) is 102 Å². The van der Waals surface area contributed by atoms with Gasteiger partial charge in [0.25, 0.3) is 5.69 Å². The standard InChI is InChI=1S/C16H15ClN2O5/c17-12-3-1-2-11(8-12)10-24-16(21)14-9-13(19(22)23)4-5-15(14)18-6-7-20/h1-5,8-9,18,20H,6-7,10H2. The third-order valence-electron chi connectivity index (χ3n) is 3.12. The van der Waals surface area contributed by atoms with E-state index in [1.54, 1.807) is 24.3 Å². The van der Waals surface area contributed by atoms with Crippen molar-refractivity contribution in [3.8, 4) is 0 Å². The van der Waals surface area contributed by atoms with E-state index in [-0.39, 0.29) is 31.0 Å². The minimum absolute atomic E-state index is 0.0124. The highest BCUT2D eigenvalue weighted by Crippen LogP contribution is 2.23. The number of carbonyl (C=O) groups is 1. The molecule has 126 valence electrons. The lowest BCUT2D eigenvalue weighted by Gasteiger charge is -2.11. The Morgan fingerprint density at radius 3 is 2.75 bits per heavy atom. The zero-order chi connectivity index (χ0) is 17.5. The average molecular weight is 351 g/mol. The number of carbonyl (C=O) groups excluding carboxylic acids is 1. The Bertz CT molecular complexity index is 751. The largest absolute Gasteiger partial charge is 0.457 e. The van der Waals surface area contributed by atoms with Gasteiger partial charge in [-0.1, -0.05) is 23.7 Å². The normalized spacial score (nSPS) is 10.2. The van der Waals surface area contributed by atoms with Crippen LogP contribution in [0.5, 0.6) is 0 Å². The number of nitro groups is 1. The van der Waals surface area contributed by atoms with E-state index in [2.05, 4.69) is 5.32 Å². The van der Waals surface area contributed by atoms with Gasteiger partial charge in [-0.05, 0) is 23.8 Å². The number of benzene rings is 2. The van der Waals surface area contributed by atoms with Gasteiger partial charge in [0.2, 0.25) is 0 Å². The number of nitrogens with one attached hydrogen (secondary N) is 1. The molecule has 0 fully saturated rings. The van der Waals surface area contributed by atoms with Gasteiger partial charge in [-0.3, -0.25) is 10.1 Å². The van der Waals surface area contributed by atoms with E-state index < -0.39 is 10.9 Å². The highest BCUT2D eigenvalue weighted by atomic mass is 35.5. The van der Waals surface area contributed by atoms with Crippen molar-refractivity contribution in [1.29, 1.82) is 0 Å². The Hall–Kier alpha value is -2.64. The van der Waals surface area contributed by atoms with Gasteiger partial charge in [0, 0.05) is 29.4 Å². The number of halogens is 1. The Labute approximate surface area is 143 Å². The molecule has 0 amide bonds. The number of ether oxygens (including phenoxy) is 1. The molecule has 2 N–H and O–H groups in total. The first-order valence-corrected chi connectivity index (χ1v) is 7.44. The lowest BCUT2D eigenvalue weighted by Crippen LogP contribution is -2.13. The van der Waals surface area contributed by atoms with Crippen molar-refractivity contribution in [2.75, 3.05) is 18.5 Å². The number of nitro benzene ring substituents is 1. The van der Waals surface area contributed by atoms with E-state index in [1.165, 1.54) is 12.1 Å². The minimum Gasteiger partial charge on any atom is -0.457 e. The molecule has 0 aliphatic carbocycles. The lowest BCUT2D eigenvalue weighted by molar-refractivity contribution is -0.384. The van der Waals surface area contributed by atoms with Gasteiger partial charge >= 0.3 is 5.97 Å². The molecule has 0 atom stereocenters. The van der Waals surface area contributed by atoms with Gasteiger partial charge in [-0.25, -0.2) is 4.79 Å². The molecule has 24 heavy (non-hydrogen) atoms. The van der Waals surface area contributed by atoms with Crippen molar-refractivity contribution < 1.29 is 19.6 Å². The van der Waals surface area contributed by atoms with Crippen LogP contribution in [0.3, 0.4) is 0 Å². The third-order valence-corrected chi connectivity index (χ3v) is 3.36. The molecule has 0 unspecified atom stereocenters. The fourth-order valence-electron chi connectivity index (χ4n) is 2.01. The van der Waals surface area contributed by atoms with Crippen LogP contribution >= 0.6 is 11.6 Å². The highest BCUT2D eigenvalue weighted by molar-refractivity contribution is 6.30. The second kappa shape index (κ2) is 8.28. The molecule has 0 spiro atoms. The van der Waals surface area contributed by atoms with E-state index in [0.29, 0.717) is 16.3 Å². The maximum absolute atomic E-state index is 12.3. The maximum Gasteiger partial charge on any atom is 0.340 e. The fourth-order valence-corrected chi connectivity index (χ4v) is 2.23. The minimum atomic E-state index is -0.709. The summed E-state index contributed by atoms with van der Waals surface area (Å²) in [6.45, 7) is 0.0436. The molecule has 0 bridgehead atoms. The molecule has 0 heterocycles. The fraction of sp³-hybridized carbons (Fsp3) is 0.188. The summed E-state index contributed by atoms with van der Waals surface area (Å²) in [5.74, 6) is -0.709. The van der Waals surface area contributed by atoms with E-state index >= 15 is 0 Å². The summed E-state index contributed by atoms with van der Waals surface area (Å²) < 4.78 is 5.20. The van der Waals surface area contributed by atoms with Crippen LogP contribution in [0.2, 0.25) is 5.02 Å². The number of hydrogen-bond acceptors (Lipinski definition) is 6. The maximum atomic E-state index is 12.3. The Morgan fingerprint density at radius 2 is 2.08 bits per heavy atom. The summed E-state index contributed by atoms with van der Waals surface area (Å²) in [4.78, 5) is 22.6. The molecule has 0 saturated carbocycles. The molecule has 0 saturated heterocycles. The molecule has 2 aromatic rings. The monoisotopic (exact) mass is 350 g/mol. The first-order chi connectivity index (χ1) is 11.5. The summed E-state index contributed by atoms with van der Waals surface area (Å²) in [7, 11) is 0. The number of aliphatic hydroxyl groups excluding tert-OH is 1. The van der Waals surface area contributed by atoms with Crippen molar-refractivity contribution in [2.24, 2.45) is 0 Å². The summed E-state index contributed by atoms with van der Waals surface area (Å²) in [5.41, 5.74) is 0.857. The molecule has 2 aromatic carbocycles. The quantitative estimate of drug-likeness (QED) is 0.452. The van der Waals surface area contributed by atoms with E-state index in [1.807, 2.05) is 0 Å². The van der Waals surface area contributed by atoms with Crippen LogP contribution in [0.1, 0.15) is 15.9 Å². The molecular weight excluding hydrogens is 336 g/mol. The molecule has 0 radical (unpaired) electrons. The first-order valence-electron chi connectivity index (χ1n) is 7.06. The van der Waals surface area contributed by atoms with Gasteiger partial charge in [-0.2, -0.15) is 0 Å². The van der Waals surface area contributed by atoms with E-state index in [4.69, 9.17) is 21.4 Å². The zero-order valence-corrected chi connectivity index (χ0v) is 13.3. The summed E-state index contributed by atoms with van der Waals surface area (Å²) in [6, 6.07) is 10.7. The van der Waals surface area contributed by atoms with Crippen molar-refractivity contribution in [3.05, 3.63) is 68.7 Å². The number of esters is 1. The SMILES string of the molecule is O=C(OCc1cccc(Cl)c1)c1cc([N+](=O)[O-])ccc1NCCO. The van der Waals surface area contributed by atoms with E-state index in [0.717, 1.165) is 6.07 Å². The molecule has 0 aliphatic rings. The Morgan fingerprint density at radius 1 is 1.29 bits per heavy atom. The van der Waals surface area contributed by atoms with Crippen molar-refractivity contribution in [2.45, 2.75) is 6.61 Å². The van der Waals surface area contributed by atoms with Gasteiger partial charge in [0.1, 0.15) is 6.61 Å². The zero-order valence-electron chi connectivity index (χ0n) is 12.6. The van der Waals surface area contributed by atoms with Crippen LogP contribution in [0.25, 0.3) is 0 Å². The number of aliphatic hydroxyl groups is 1. The van der Waals surface area contributed by atoms with Crippen LogP contribution < -0.4 is 5.32 Å². The lowest BCUT2D eigenvalue weighted by atomic mass is 10.1. The average Bonchev–Trinajstić information content (AvgIpc) is 2.57. The van der Waals surface area contributed by atoms with Gasteiger partial charge < -0.3 is 15.2 Å². The smallest absolute Gasteiger partial charge is 0.340 e. The van der Waals surface area contributed by atoms with Crippen LogP contribution in [0, 0.1) is 10.1 Å². The number of anilines is 1. The van der Waals surface area contributed by atoms with E-state index in [9.17, 15) is 14.9 Å². The predicted octanol–water partition coefficient (Wildman–Crippen LogP) is 3.01. The second-order valence-electron chi connectivity index (χ2n) is 4.84. The number of rotatable bonds is 7. The molecule has 0 aliphatic heterocycles. The van der Waals surface area contributed by atoms with Crippen molar-refractivity contribution in [1.82, 2.24) is 0 Å². The predicted molar refractivity (Wildman–Crippen MR) is 89.2 cm³/mol. The summed E-state index contributed by atoms with van der Waals surface area (Å²) in [6.07, 6.45) is 0. The molecule has 0 aromatic heterocycles. The first kappa shape index (κ1) is 17.7. The third kappa shape index (κ3) is 4.68. The number of non-ortho nitro benzene ring substituents is 1. The van der Waals surface area contributed by atoms with Crippen molar-refractivity contribution in [3.63, 3.8) is 0 Å². The Balaban J connectivity index is 2.18. The number of nitrogens with zero attached hydrogens (tertiary/aromatic N) is 1. The molecular formula is C16H15ClN2O5.